The van der Waals surface area contributed by atoms with Gasteiger partial charge in [0.15, 0.2) is 5.58 Å². The second-order valence-corrected chi connectivity index (χ2v) is 9.46. The molecule has 2 amide bonds. The molecular weight excluding hydrogens is 423 g/mol. The SMILES string of the molecule is CC1CCC(C(=O)NCCCCN2CCC(c3noc4cc(F)ccc34)CC2)=C(C(N)=O)C1. The third-order valence-electron chi connectivity index (χ3n) is 7.00. The number of likely N-dealkylation sites (tertiary alicyclic amines) is 1. The van der Waals surface area contributed by atoms with Crippen molar-refractivity contribution in [3.05, 3.63) is 40.9 Å². The fourth-order valence-corrected chi connectivity index (χ4v) is 5.04. The third kappa shape index (κ3) is 5.61. The van der Waals surface area contributed by atoms with Crippen LogP contribution in [-0.4, -0.2) is 48.0 Å². The molecule has 1 aromatic heterocycles. The van der Waals surface area contributed by atoms with Crippen molar-refractivity contribution < 1.29 is 18.5 Å². The molecule has 1 aliphatic carbocycles. The molecule has 1 fully saturated rings. The maximum Gasteiger partial charge on any atom is 0.247 e. The van der Waals surface area contributed by atoms with Crippen molar-refractivity contribution in [2.45, 2.75) is 57.8 Å². The zero-order valence-corrected chi connectivity index (χ0v) is 19.2. The molecule has 0 saturated carbocycles. The molecule has 3 N–H and O–H groups in total. The molecule has 2 heterocycles. The topological polar surface area (TPSA) is 101 Å². The predicted molar refractivity (Wildman–Crippen MR) is 124 cm³/mol. The smallest absolute Gasteiger partial charge is 0.247 e. The number of carbonyl (C=O) groups excluding carboxylic acids is 2. The van der Waals surface area contributed by atoms with Gasteiger partial charge in [0.1, 0.15) is 5.82 Å². The molecule has 1 aromatic carbocycles. The van der Waals surface area contributed by atoms with Gasteiger partial charge < -0.3 is 20.5 Å². The Morgan fingerprint density at radius 1 is 1.21 bits per heavy atom. The number of amides is 2. The normalized spacial score (nSPS) is 20.4. The van der Waals surface area contributed by atoms with E-state index in [4.69, 9.17) is 10.3 Å². The number of primary amides is 1. The monoisotopic (exact) mass is 456 g/mol. The number of unbranched alkanes of at least 4 members (excludes halogenated alkanes) is 1. The van der Waals surface area contributed by atoms with Crippen LogP contribution in [0.15, 0.2) is 33.9 Å². The van der Waals surface area contributed by atoms with E-state index in [0.29, 0.717) is 48.0 Å². The van der Waals surface area contributed by atoms with Crippen molar-refractivity contribution >= 4 is 22.8 Å². The molecule has 33 heavy (non-hydrogen) atoms. The average Bonchev–Trinajstić information content (AvgIpc) is 3.22. The van der Waals surface area contributed by atoms with E-state index in [0.717, 1.165) is 62.8 Å². The molecule has 2 aromatic rings. The molecule has 4 rings (SSSR count). The van der Waals surface area contributed by atoms with Gasteiger partial charge in [0.2, 0.25) is 11.8 Å². The zero-order chi connectivity index (χ0) is 23.4. The standard InChI is InChI=1S/C25H33FN4O3/c1-16-4-6-19(21(14-16)24(27)31)25(32)28-10-2-3-11-30-12-8-17(9-13-30)23-20-7-5-18(26)15-22(20)33-29-23/h5,7,15-17H,2-4,6,8-14H2,1H3,(H2,27,31)(H,28,32). The lowest BCUT2D eigenvalue weighted by molar-refractivity contribution is -0.119. The summed E-state index contributed by atoms with van der Waals surface area (Å²) in [5.74, 6) is -0.205. The highest BCUT2D eigenvalue weighted by Crippen LogP contribution is 2.33. The van der Waals surface area contributed by atoms with Crippen LogP contribution >= 0.6 is 0 Å². The summed E-state index contributed by atoms with van der Waals surface area (Å²) in [6.45, 7) is 5.64. The summed E-state index contributed by atoms with van der Waals surface area (Å²) >= 11 is 0. The van der Waals surface area contributed by atoms with E-state index < -0.39 is 5.91 Å². The van der Waals surface area contributed by atoms with Crippen molar-refractivity contribution in [2.75, 3.05) is 26.2 Å². The number of nitrogens with one attached hydrogen (secondary N) is 1. The van der Waals surface area contributed by atoms with Gasteiger partial charge in [-0.2, -0.15) is 0 Å². The number of hydrogen-bond acceptors (Lipinski definition) is 5. The van der Waals surface area contributed by atoms with Crippen LogP contribution in [0.5, 0.6) is 0 Å². The highest BCUT2D eigenvalue weighted by Gasteiger charge is 2.26. The van der Waals surface area contributed by atoms with Crippen LogP contribution < -0.4 is 11.1 Å². The highest BCUT2D eigenvalue weighted by molar-refractivity contribution is 6.04. The quantitative estimate of drug-likeness (QED) is 0.591. The van der Waals surface area contributed by atoms with Crippen LogP contribution in [0.25, 0.3) is 11.0 Å². The molecule has 1 saturated heterocycles. The average molecular weight is 457 g/mol. The fraction of sp³-hybridized carbons (Fsp3) is 0.560. The van der Waals surface area contributed by atoms with E-state index in [1.807, 2.05) is 0 Å². The number of carbonyl (C=O) groups is 2. The molecular formula is C25H33FN4O3. The van der Waals surface area contributed by atoms with E-state index in [9.17, 15) is 14.0 Å². The second kappa shape index (κ2) is 10.5. The Labute approximate surface area is 193 Å². The third-order valence-corrected chi connectivity index (χ3v) is 7.00. The van der Waals surface area contributed by atoms with Crippen molar-refractivity contribution in [2.24, 2.45) is 11.7 Å². The minimum atomic E-state index is -0.471. The molecule has 8 heteroatoms. The summed E-state index contributed by atoms with van der Waals surface area (Å²) < 4.78 is 18.7. The predicted octanol–water partition coefficient (Wildman–Crippen LogP) is 3.64. The second-order valence-electron chi connectivity index (χ2n) is 9.46. The number of benzene rings is 1. The van der Waals surface area contributed by atoms with Gasteiger partial charge in [0.05, 0.1) is 5.69 Å². The molecule has 7 nitrogen and oxygen atoms in total. The van der Waals surface area contributed by atoms with E-state index >= 15 is 0 Å². The largest absolute Gasteiger partial charge is 0.366 e. The number of hydrogen-bond donors (Lipinski definition) is 2. The van der Waals surface area contributed by atoms with Gasteiger partial charge in [-0.1, -0.05) is 12.1 Å². The molecule has 0 radical (unpaired) electrons. The molecule has 1 aliphatic heterocycles. The maximum atomic E-state index is 13.4. The number of rotatable bonds is 8. The van der Waals surface area contributed by atoms with Gasteiger partial charge >= 0.3 is 0 Å². The van der Waals surface area contributed by atoms with Gasteiger partial charge in [-0.05, 0) is 82.6 Å². The fourth-order valence-electron chi connectivity index (χ4n) is 5.04. The number of fused-ring (bicyclic) bond motifs is 1. The lowest BCUT2D eigenvalue weighted by Crippen LogP contribution is -2.34. The Balaban J connectivity index is 1.18. The van der Waals surface area contributed by atoms with Crippen LogP contribution in [0.1, 0.15) is 63.5 Å². The molecule has 1 atom stereocenters. The van der Waals surface area contributed by atoms with Crippen molar-refractivity contribution in [1.29, 1.82) is 0 Å². The van der Waals surface area contributed by atoms with Crippen molar-refractivity contribution in [3.63, 3.8) is 0 Å². The number of halogens is 1. The van der Waals surface area contributed by atoms with E-state index in [-0.39, 0.29) is 11.7 Å². The number of piperidine rings is 1. The Morgan fingerprint density at radius 2 is 2.00 bits per heavy atom. The highest BCUT2D eigenvalue weighted by atomic mass is 19.1. The first-order valence-corrected chi connectivity index (χ1v) is 12.0. The van der Waals surface area contributed by atoms with Crippen LogP contribution in [-0.2, 0) is 9.59 Å². The summed E-state index contributed by atoms with van der Waals surface area (Å²) in [5.41, 5.74) is 8.01. The van der Waals surface area contributed by atoms with Crippen LogP contribution in [0.3, 0.4) is 0 Å². The van der Waals surface area contributed by atoms with E-state index in [1.54, 1.807) is 6.07 Å². The summed E-state index contributed by atoms with van der Waals surface area (Å²) in [7, 11) is 0. The molecule has 0 bridgehead atoms. The summed E-state index contributed by atoms with van der Waals surface area (Å²) in [4.78, 5) is 26.7. The van der Waals surface area contributed by atoms with E-state index in [1.165, 1.54) is 12.1 Å². The van der Waals surface area contributed by atoms with Crippen molar-refractivity contribution in [1.82, 2.24) is 15.4 Å². The number of nitrogens with two attached hydrogens (primary N) is 1. The lowest BCUT2D eigenvalue weighted by atomic mass is 9.84. The Morgan fingerprint density at radius 3 is 2.76 bits per heavy atom. The first-order chi connectivity index (χ1) is 15.9. The van der Waals surface area contributed by atoms with Gasteiger partial charge in [0.25, 0.3) is 0 Å². The Kier molecular flexibility index (Phi) is 7.42. The summed E-state index contributed by atoms with van der Waals surface area (Å²) in [6.07, 6.45) is 6.01. The van der Waals surface area contributed by atoms with E-state index in [2.05, 4.69) is 22.3 Å². The van der Waals surface area contributed by atoms with Gasteiger partial charge in [-0.15, -0.1) is 0 Å². The van der Waals surface area contributed by atoms with Gasteiger partial charge in [-0.25, -0.2) is 4.39 Å². The molecule has 178 valence electrons. The summed E-state index contributed by atoms with van der Waals surface area (Å²) in [6, 6.07) is 4.60. The zero-order valence-electron chi connectivity index (χ0n) is 19.2. The van der Waals surface area contributed by atoms with Gasteiger partial charge in [0, 0.05) is 35.1 Å². The number of nitrogens with zero attached hydrogens (tertiary/aromatic N) is 2. The minimum absolute atomic E-state index is 0.142. The van der Waals surface area contributed by atoms with Crippen LogP contribution in [0.2, 0.25) is 0 Å². The molecule has 2 aliphatic rings. The molecule has 1 unspecified atom stereocenters. The van der Waals surface area contributed by atoms with Crippen LogP contribution in [0, 0.1) is 11.7 Å². The minimum Gasteiger partial charge on any atom is -0.366 e. The first kappa shape index (κ1) is 23.4. The first-order valence-electron chi connectivity index (χ1n) is 12.0. The molecule has 0 spiro atoms. The Hall–Kier alpha value is -2.74. The van der Waals surface area contributed by atoms with Crippen LogP contribution in [0.4, 0.5) is 4.39 Å². The van der Waals surface area contributed by atoms with Gasteiger partial charge in [-0.3, -0.25) is 9.59 Å². The summed E-state index contributed by atoms with van der Waals surface area (Å²) in [5, 5.41) is 8.09. The van der Waals surface area contributed by atoms with Crippen molar-refractivity contribution in [3.8, 4) is 0 Å². The maximum absolute atomic E-state index is 13.4. The lowest BCUT2D eigenvalue weighted by Gasteiger charge is -2.31. The number of aromatic nitrogens is 1. The Bertz CT molecular complexity index is 1040.